The van der Waals surface area contributed by atoms with E-state index in [1.165, 1.54) is 11.1 Å². The molecule has 2 nitrogen and oxygen atoms in total. The van der Waals surface area contributed by atoms with Crippen LogP contribution in [0.25, 0.3) is 17.0 Å². The standard InChI is InChI=1S/C22H26N2/c1-6-19(7-2)15-17(4)24-18(5)20-10-12-21(13-11-20)22-16(3)9-8-14-23-22/h6,8-15,24H,5,7H2,1-4H3/b17-15+,19-6-. The number of hydrogen-bond acceptors (Lipinski definition) is 2. The lowest BCUT2D eigenvalue weighted by Crippen LogP contribution is -2.08. The monoisotopic (exact) mass is 318 g/mol. The average molecular weight is 318 g/mol. The Morgan fingerprint density at radius 3 is 2.50 bits per heavy atom. The van der Waals surface area contributed by atoms with Gasteiger partial charge in [-0.15, -0.1) is 0 Å². The van der Waals surface area contributed by atoms with Gasteiger partial charge in [-0.05, 0) is 50.5 Å². The highest BCUT2D eigenvalue weighted by molar-refractivity contribution is 5.69. The van der Waals surface area contributed by atoms with Gasteiger partial charge in [0, 0.05) is 23.2 Å². The van der Waals surface area contributed by atoms with Crippen LogP contribution in [0.1, 0.15) is 38.3 Å². The first kappa shape index (κ1) is 17.7. The second-order valence-corrected chi connectivity index (χ2v) is 5.89. The Balaban J connectivity index is 2.13. The number of aryl methyl sites for hydroxylation is 1. The molecule has 0 fully saturated rings. The van der Waals surface area contributed by atoms with Crippen molar-refractivity contribution in [2.45, 2.75) is 34.1 Å². The summed E-state index contributed by atoms with van der Waals surface area (Å²) >= 11 is 0. The van der Waals surface area contributed by atoms with E-state index in [2.05, 4.69) is 87.1 Å². The molecule has 2 aromatic rings. The minimum atomic E-state index is 0.902. The number of benzene rings is 1. The zero-order chi connectivity index (χ0) is 17.5. The maximum absolute atomic E-state index is 4.47. The molecule has 2 heteroatoms. The van der Waals surface area contributed by atoms with Crippen LogP contribution in [0.2, 0.25) is 0 Å². The third kappa shape index (κ3) is 4.45. The third-order valence-corrected chi connectivity index (χ3v) is 4.05. The lowest BCUT2D eigenvalue weighted by atomic mass is 10.0. The van der Waals surface area contributed by atoms with Crippen LogP contribution in [-0.4, -0.2) is 4.98 Å². The van der Waals surface area contributed by atoms with Crippen molar-refractivity contribution in [1.29, 1.82) is 0 Å². The smallest absolute Gasteiger partial charge is 0.0731 e. The van der Waals surface area contributed by atoms with Gasteiger partial charge < -0.3 is 5.32 Å². The summed E-state index contributed by atoms with van der Waals surface area (Å²) < 4.78 is 0. The SMILES string of the molecule is C=C(N/C(C)=C/C(=C\C)CC)c1ccc(-c2ncccc2C)cc1. The molecule has 1 N–H and O–H groups in total. The molecular weight excluding hydrogens is 292 g/mol. The molecule has 0 saturated heterocycles. The van der Waals surface area contributed by atoms with E-state index in [0.717, 1.165) is 34.6 Å². The topological polar surface area (TPSA) is 24.9 Å². The molecule has 0 radical (unpaired) electrons. The summed E-state index contributed by atoms with van der Waals surface area (Å²) in [4.78, 5) is 4.47. The van der Waals surface area contributed by atoms with Crippen molar-refractivity contribution in [2.24, 2.45) is 0 Å². The van der Waals surface area contributed by atoms with E-state index in [1.807, 2.05) is 12.3 Å². The maximum Gasteiger partial charge on any atom is 0.0731 e. The van der Waals surface area contributed by atoms with Crippen molar-refractivity contribution < 1.29 is 0 Å². The van der Waals surface area contributed by atoms with Crippen LogP contribution in [0.4, 0.5) is 0 Å². The molecule has 0 spiro atoms. The predicted molar refractivity (Wildman–Crippen MR) is 104 cm³/mol. The van der Waals surface area contributed by atoms with Crippen molar-refractivity contribution in [1.82, 2.24) is 10.3 Å². The third-order valence-electron chi connectivity index (χ3n) is 4.05. The number of allylic oxidation sites excluding steroid dienone is 4. The molecule has 2 rings (SSSR count). The van der Waals surface area contributed by atoms with Crippen LogP contribution in [0, 0.1) is 6.92 Å². The van der Waals surface area contributed by atoms with E-state index < -0.39 is 0 Å². The molecule has 0 aliphatic carbocycles. The van der Waals surface area contributed by atoms with Gasteiger partial charge in [-0.3, -0.25) is 4.98 Å². The Hall–Kier alpha value is -2.61. The Morgan fingerprint density at radius 2 is 1.92 bits per heavy atom. The van der Waals surface area contributed by atoms with Crippen molar-refractivity contribution in [3.05, 3.63) is 83.7 Å². The Labute approximate surface area is 145 Å². The van der Waals surface area contributed by atoms with E-state index in [9.17, 15) is 0 Å². The highest BCUT2D eigenvalue weighted by atomic mass is 14.9. The fraction of sp³-hybridized carbons (Fsp3) is 0.227. The summed E-state index contributed by atoms with van der Waals surface area (Å²) in [5, 5.41) is 3.38. The normalized spacial score (nSPS) is 12.2. The molecule has 0 aliphatic rings. The van der Waals surface area contributed by atoms with Gasteiger partial charge in [0.1, 0.15) is 0 Å². The molecule has 0 aliphatic heterocycles. The maximum atomic E-state index is 4.47. The number of aromatic nitrogens is 1. The van der Waals surface area contributed by atoms with E-state index >= 15 is 0 Å². The molecule has 1 heterocycles. The first-order valence-electron chi connectivity index (χ1n) is 8.37. The largest absolute Gasteiger partial charge is 0.359 e. The quantitative estimate of drug-likeness (QED) is 0.673. The van der Waals surface area contributed by atoms with Crippen LogP contribution in [-0.2, 0) is 0 Å². The van der Waals surface area contributed by atoms with Gasteiger partial charge in [-0.25, -0.2) is 0 Å². The number of nitrogens with zero attached hydrogens (tertiary/aromatic N) is 1. The first-order chi connectivity index (χ1) is 11.5. The van der Waals surface area contributed by atoms with Crippen LogP contribution in [0.15, 0.2) is 72.6 Å². The van der Waals surface area contributed by atoms with Crippen LogP contribution in [0.5, 0.6) is 0 Å². The molecule has 0 atom stereocenters. The molecule has 1 aromatic heterocycles. The van der Waals surface area contributed by atoms with Gasteiger partial charge in [0.2, 0.25) is 0 Å². The fourth-order valence-electron chi connectivity index (χ4n) is 2.63. The van der Waals surface area contributed by atoms with Crippen molar-refractivity contribution >= 4 is 5.70 Å². The van der Waals surface area contributed by atoms with E-state index in [-0.39, 0.29) is 0 Å². The summed E-state index contributed by atoms with van der Waals surface area (Å²) in [6, 6.07) is 12.4. The molecule has 0 bridgehead atoms. The second-order valence-electron chi connectivity index (χ2n) is 5.89. The average Bonchev–Trinajstić information content (AvgIpc) is 2.60. The molecule has 1 aromatic carbocycles. The van der Waals surface area contributed by atoms with Gasteiger partial charge in [0.25, 0.3) is 0 Å². The molecular formula is C22H26N2. The Morgan fingerprint density at radius 1 is 1.21 bits per heavy atom. The highest BCUT2D eigenvalue weighted by Gasteiger charge is 2.04. The molecule has 0 saturated carbocycles. The van der Waals surface area contributed by atoms with Crippen LogP contribution < -0.4 is 5.32 Å². The molecule has 0 unspecified atom stereocenters. The Bertz CT molecular complexity index is 765. The Kier molecular flexibility index (Phi) is 6.14. The van der Waals surface area contributed by atoms with Gasteiger partial charge in [-0.1, -0.05) is 55.5 Å². The number of pyridine rings is 1. The van der Waals surface area contributed by atoms with E-state index in [4.69, 9.17) is 0 Å². The van der Waals surface area contributed by atoms with E-state index in [0.29, 0.717) is 0 Å². The summed E-state index contributed by atoms with van der Waals surface area (Å²) in [7, 11) is 0. The van der Waals surface area contributed by atoms with Crippen molar-refractivity contribution in [3.8, 4) is 11.3 Å². The lowest BCUT2D eigenvalue weighted by Gasteiger charge is -2.12. The second kappa shape index (κ2) is 8.30. The minimum absolute atomic E-state index is 0.902. The summed E-state index contributed by atoms with van der Waals surface area (Å²) in [5.41, 5.74) is 7.73. The van der Waals surface area contributed by atoms with Crippen molar-refractivity contribution in [2.75, 3.05) is 0 Å². The molecule has 124 valence electrons. The zero-order valence-corrected chi connectivity index (χ0v) is 15.1. The number of hydrogen-bond donors (Lipinski definition) is 1. The summed E-state index contributed by atoms with van der Waals surface area (Å²) in [6.45, 7) is 12.5. The minimum Gasteiger partial charge on any atom is -0.359 e. The molecule has 24 heavy (non-hydrogen) atoms. The predicted octanol–water partition coefficient (Wildman–Crippen LogP) is 5.88. The van der Waals surface area contributed by atoms with Crippen LogP contribution >= 0.6 is 0 Å². The van der Waals surface area contributed by atoms with Crippen molar-refractivity contribution in [3.63, 3.8) is 0 Å². The van der Waals surface area contributed by atoms with Gasteiger partial charge in [-0.2, -0.15) is 0 Å². The lowest BCUT2D eigenvalue weighted by molar-refractivity contribution is 1.05. The number of rotatable bonds is 6. The van der Waals surface area contributed by atoms with Gasteiger partial charge in [0.15, 0.2) is 0 Å². The summed E-state index contributed by atoms with van der Waals surface area (Å²) in [5.74, 6) is 0. The number of nitrogens with one attached hydrogen (secondary N) is 1. The first-order valence-corrected chi connectivity index (χ1v) is 8.37. The summed E-state index contributed by atoms with van der Waals surface area (Å²) in [6.07, 6.45) is 7.16. The van der Waals surface area contributed by atoms with Gasteiger partial charge >= 0.3 is 0 Å². The fourth-order valence-corrected chi connectivity index (χ4v) is 2.63. The van der Waals surface area contributed by atoms with Gasteiger partial charge in [0.05, 0.1) is 5.69 Å². The molecule has 0 amide bonds. The highest BCUT2D eigenvalue weighted by Crippen LogP contribution is 2.22. The zero-order valence-electron chi connectivity index (χ0n) is 15.1. The van der Waals surface area contributed by atoms with E-state index in [1.54, 1.807) is 0 Å². The van der Waals surface area contributed by atoms with Crippen LogP contribution in [0.3, 0.4) is 0 Å².